The number of amides is 3. The minimum absolute atomic E-state index is 0.140. The van der Waals surface area contributed by atoms with E-state index < -0.39 is 16.0 Å². The maximum atomic E-state index is 12.5. The molecular weight excluding hydrogens is 370 g/mol. The molecule has 2 fully saturated rings. The van der Waals surface area contributed by atoms with Gasteiger partial charge in [0, 0.05) is 19.6 Å². The van der Waals surface area contributed by atoms with Crippen LogP contribution in [0.15, 0.2) is 18.3 Å². The summed E-state index contributed by atoms with van der Waals surface area (Å²) in [6.45, 7) is 1.80. The summed E-state index contributed by atoms with van der Waals surface area (Å²) < 4.78 is 10.6. The van der Waals surface area contributed by atoms with Crippen LogP contribution in [0.25, 0.3) is 0 Å². The molecule has 0 bridgehead atoms. The second-order valence-electron chi connectivity index (χ2n) is 5.44. The number of rotatable bonds is 4. The maximum Gasteiger partial charge on any atom is 0.321 e. The number of carbonyl (C=O) groups excluding carboxylic acids is 2. The fraction of sp³-hybridized carbons (Fsp3) is 0.462. The number of hydrogen-bond donors (Lipinski definition) is 3. The number of nitrogens with zero attached hydrogens (tertiary/aromatic N) is 4. The van der Waals surface area contributed by atoms with Gasteiger partial charge in [0.25, 0.3) is 0 Å². The highest BCUT2D eigenvalue weighted by Gasteiger charge is 2.37. The average molecular weight is 388 g/mol. The number of pyridine rings is 1. The summed E-state index contributed by atoms with van der Waals surface area (Å²) in [5.74, 6) is 0.310. The number of hydrogen-bond acceptors (Lipinski definition) is 5. The fourth-order valence-electron chi connectivity index (χ4n) is 2.78. The molecule has 1 aromatic heterocycles. The van der Waals surface area contributed by atoms with Crippen LogP contribution < -0.4 is 15.1 Å². The van der Waals surface area contributed by atoms with Gasteiger partial charge in [-0.25, -0.2) is 9.78 Å². The van der Waals surface area contributed by atoms with Crippen molar-refractivity contribution in [1.29, 1.82) is 0 Å². The Kier molecular flexibility index (Phi) is 5.35. The first-order valence-corrected chi connectivity index (χ1v) is 9.87. The number of urea groups is 1. The van der Waals surface area contributed by atoms with E-state index in [-0.39, 0.29) is 11.9 Å². The predicted molar refractivity (Wildman–Crippen MR) is 98.5 cm³/mol. The third-order valence-electron chi connectivity index (χ3n) is 4.00. The molecule has 2 atom stereocenters. The zero-order valence-electron chi connectivity index (χ0n) is 12.7. The normalized spacial score (nSPS) is 22.9. The van der Waals surface area contributed by atoms with Crippen molar-refractivity contribution in [2.45, 2.75) is 18.9 Å². The smallest absolute Gasteiger partial charge is 0.321 e. The molecule has 1 aromatic rings. The third kappa shape index (κ3) is 3.40. The third-order valence-corrected chi connectivity index (χ3v) is 6.13. The number of carbonyl (C=O) groups is 2. The Bertz CT molecular complexity index is 671. The van der Waals surface area contributed by atoms with Crippen LogP contribution in [-0.4, -0.2) is 50.9 Å². The molecule has 0 aliphatic carbocycles. The van der Waals surface area contributed by atoms with Crippen molar-refractivity contribution in [1.82, 2.24) is 14.0 Å². The Balaban J connectivity index is 1.73. The van der Waals surface area contributed by atoms with Crippen molar-refractivity contribution >= 4 is 57.4 Å². The van der Waals surface area contributed by atoms with Crippen LogP contribution >= 0.6 is 12.8 Å². The van der Waals surface area contributed by atoms with E-state index in [9.17, 15) is 14.1 Å². The van der Waals surface area contributed by atoms with Gasteiger partial charge >= 0.3 is 6.03 Å². The van der Waals surface area contributed by atoms with E-state index in [4.69, 9.17) is 11.2 Å². The van der Waals surface area contributed by atoms with Gasteiger partial charge in [-0.15, -0.1) is 0 Å². The molecule has 0 saturated carbocycles. The van der Waals surface area contributed by atoms with Crippen molar-refractivity contribution in [3.05, 3.63) is 18.3 Å². The van der Waals surface area contributed by atoms with E-state index in [1.807, 2.05) is 0 Å². The number of nitrogens with one attached hydrogen (secondary N) is 1. The van der Waals surface area contributed by atoms with Gasteiger partial charge in [0.1, 0.15) is 11.9 Å². The van der Waals surface area contributed by atoms with E-state index in [2.05, 4.69) is 23.1 Å². The van der Waals surface area contributed by atoms with Crippen molar-refractivity contribution in [2.75, 3.05) is 29.4 Å². The van der Waals surface area contributed by atoms with Crippen LogP contribution in [0.5, 0.6) is 0 Å². The lowest BCUT2D eigenvalue weighted by Gasteiger charge is -2.27. The molecule has 0 radical (unpaired) electrons. The molecule has 3 heterocycles. The molecule has 24 heavy (non-hydrogen) atoms. The summed E-state index contributed by atoms with van der Waals surface area (Å²) in [5, 5.41) is 2.78. The summed E-state index contributed by atoms with van der Waals surface area (Å²) in [4.78, 5) is 31.8. The van der Waals surface area contributed by atoms with E-state index in [1.165, 1.54) is 8.61 Å². The molecule has 11 heteroatoms. The molecular formula is C13H17N5O3S3. The molecule has 0 aromatic carbocycles. The van der Waals surface area contributed by atoms with Crippen LogP contribution in [0.3, 0.4) is 0 Å². The number of aromatic nitrogens is 1. The summed E-state index contributed by atoms with van der Waals surface area (Å²) in [6, 6.07) is 2.79. The molecule has 0 spiro atoms. The molecule has 2 saturated heterocycles. The summed E-state index contributed by atoms with van der Waals surface area (Å²) >= 11 is 8.85. The Morgan fingerprint density at radius 2 is 2.17 bits per heavy atom. The first-order chi connectivity index (χ1) is 11.5. The second kappa shape index (κ2) is 7.31. The van der Waals surface area contributed by atoms with Crippen molar-refractivity contribution in [3.63, 3.8) is 0 Å². The molecule has 2 unspecified atom stereocenters. The van der Waals surface area contributed by atoms with Crippen molar-refractivity contribution in [3.8, 4) is 0 Å². The van der Waals surface area contributed by atoms with Crippen LogP contribution in [0.2, 0.25) is 0 Å². The van der Waals surface area contributed by atoms with Crippen LogP contribution in [0.4, 0.5) is 16.3 Å². The number of anilines is 2. The maximum absolute atomic E-state index is 12.5. The second-order valence-corrected chi connectivity index (χ2v) is 7.89. The van der Waals surface area contributed by atoms with Gasteiger partial charge in [-0.05, 0) is 36.2 Å². The Hall–Kier alpha value is -1.27. The lowest BCUT2D eigenvalue weighted by atomic mass is 10.3. The molecule has 130 valence electrons. The SMILES string of the molecule is O=C1NCCCN1c1ccc(N2CCC(N(S)S(O)=S)C2=O)nc1. The highest BCUT2D eigenvalue weighted by molar-refractivity contribution is 8.27. The quantitative estimate of drug-likeness (QED) is 0.660. The molecule has 3 amide bonds. The van der Waals surface area contributed by atoms with Crippen LogP contribution in [0, 0.1) is 0 Å². The van der Waals surface area contributed by atoms with E-state index >= 15 is 0 Å². The Labute approximate surface area is 152 Å². The highest BCUT2D eigenvalue weighted by Crippen LogP contribution is 2.26. The first kappa shape index (κ1) is 17.5. The summed E-state index contributed by atoms with van der Waals surface area (Å²) in [5.41, 5.74) is 0.692. The average Bonchev–Trinajstić information content (AvgIpc) is 2.96. The molecule has 2 N–H and O–H groups in total. The minimum Gasteiger partial charge on any atom is -0.338 e. The first-order valence-electron chi connectivity index (χ1n) is 7.41. The summed E-state index contributed by atoms with van der Waals surface area (Å²) in [6.07, 6.45) is 2.98. The lowest BCUT2D eigenvalue weighted by molar-refractivity contribution is -0.119. The standard InChI is InChI=1S/C13H17N5O3S3/c19-12-10(18(22)24(21)23)4-7-17(12)11-3-2-9(8-15-11)16-6-1-5-14-13(16)20/h2-3,8,10,22H,1,4-7H2,(H,14,20)(H,21,23). The van der Waals surface area contributed by atoms with Gasteiger partial charge in [-0.2, -0.15) is 3.71 Å². The highest BCUT2D eigenvalue weighted by atomic mass is 32.8. The predicted octanol–water partition coefficient (Wildman–Crippen LogP) is 0.722. The van der Waals surface area contributed by atoms with Gasteiger partial charge in [0.15, 0.2) is 0 Å². The zero-order valence-corrected chi connectivity index (χ0v) is 15.2. The van der Waals surface area contributed by atoms with Crippen LogP contribution in [0.1, 0.15) is 12.8 Å². The van der Waals surface area contributed by atoms with Gasteiger partial charge < -0.3 is 9.87 Å². The van der Waals surface area contributed by atoms with Gasteiger partial charge in [-0.3, -0.25) is 14.6 Å². The molecule has 2 aliphatic rings. The van der Waals surface area contributed by atoms with Gasteiger partial charge in [-0.1, -0.05) is 12.8 Å². The Morgan fingerprint density at radius 1 is 1.38 bits per heavy atom. The minimum atomic E-state index is -1.49. The lowest BCUT2D eigenvalue weighted by Crippen LogP contribution is -2.46. The van der Waals surface area contributed by atoms with E-state index in [0.717, 1.165) is 6.42 Å². The summed E-state index contributed by atoms with van der Waals surface area (Å²) in [7, 11) is -1.49. The van der Waals surface area contributed by atoms with Crippen molar-refractivity contribution in [2.24, 2.45) is 0 Å². The molecule has 3 rings (SSSR count). The number of thiol groups is 1. The topological polar surface area (TPSA) is 89.0 Å². The van der Waals surface area contributed by atoms with Crippen LogP contribution in [-0.2, 0) is 25.9 Å². The monoisotopic (exact) mass is 387 g/mol. The van der Waals surface area contributed by atoms with Gasteiger partial charge in [0.2, 0.25) is 5.91 Å². The molecule has 2 aliphatic heterocycles. The van der Waals surface area contributed by atoms with Gasteiger partial charge in [0.05, 0.1) is 21.8 Å². The van der Waals surface area contributed by atoms with E-state index in [1.54, 1.807) is 23.2 Å². The molecule has 8 nitrogen and oxygen atoms in total. The zero-order chi connectivity index (χ0) is 17.3. The van der Waals surface area contributed by atoms with Crippen molar-refractivity contribution < 1.29 is 14.1 Å². The Morgan fingerprint density at radius 3 is 2.79 bits per heavy atom. The fourth-order valence-corrected chi connectivity index (χ4v) is 3.72. The largest absolute Gasteiger partial charge is 0.338 e. The van der Waals surface area contributed by atoms with E-state index in [0.29, 0.717) is 37.6 Å².